The third-order valence-electron chi connectivity index (χ3n) is 9.79. The predicted molar refractivity (Wildman–Crippen MR) is 189 cm³/mol. The maximum Gasteiger partial charge on any atom is 0.220 e. The van der Waals surface area contributed by atoms with Crippen LogP contribution >= 0.6 is 0 Å². The lowest BCUT2D eigenvalue weighted by Crippen LogP contribution is -2.65. The number of nitrogens with one attached hydrogen (secondary N) is 1. The number of ether oxygens (including phenoxy) is 4. The summed E-state index contributed by atoms with van der Waals surface area (Å²) >= 11 is 0. The smallest absolute Gasteiger partial charge is 0.220 e. The molecule has 0 radical (unpaired) electrons. The summed E-state index contributed by atoms with van der Waals surface area (Å²) in [5.74, 6) is -0.329. The lowest BCUT2D eigenvalue weighted by Gasteiger charge is -2.46. The molecular formula is C37H69NO13. The third-order valence-corrected chi connectivity index (χ3v) is 9.79. The zero-order chi connectivity index (χ0) is 37.6. The van der Waals surface area contributed by atoms with E-state index in [9.17, 15) is 45.6 Å². The first-order valence-corrected chi connectivity index (χ1v) is 19.4. The lowest BCUT2D eigenvalue weighted by molar-refractivity contribution is -0.359. The molecule has 0 bridgehead atoms. The Bertz CT molecular complexity index is 925. The molecule has 2 heterocycles. The Hall–Kier alpha value is -1.27. The molecule has 14 heteroatoms. The second-order valence-corrected chi connectivity index (χ2v) is 14.0. The highest BCUT2D eigenvalue weighted by molar-refractivity contribution is 5.75. The molecule has 0 aromatic heterocycles. The first kappa shape index (κ1) is 45.9. The number of hydrogen-bond donors (Lipinski definition) is 9. The van der Waals surface area contributed by atoms with Crippen LogP contribution in [-0.4, -0.2) is 140 Å². The summed E-state index contributed by atoms with van der Waals surface area (Å²) in [6.45, 7) is 2.19. The van der Waals surface area contributed by atoms with E-state index in [-0.39, 0.29) is 18.9 Å². The van der Waals surface area contributed by atoms with Gasteiger partial charge in [0.2, 0.25) is 5.91 Å². The summed E-state index contributed by atoms with van der Waals surface area (Å²) in [4.78, 5) is 12.2. The average Bonchev–Trinajstić information content (AvgIpc) is 3.13. The van der Waals surface area contributed by atoms with E-state index in [1.807, 2.05) is 6.08 Å². The van der Waals surface area contributed by atoms with Crippen molar-refractivity contribution < 1.29 is 64.6 Å². The van der Waals surface area contributed by atoms with Gasteiger partial charge in [-0.25, -0.2) is 0 Å². The molecule has 2 fully saturated rings. The van der Waals surface area contributed by atoms with Crippen molar-refractivity contribution in [2.45, 2.75) is 197 Å². The summed E-state index contributed by atoms with van der Waals surface area (Å²) in [6, 6.07) is -0.904. The summed E-state index contributed by atoms with van der Waals surface area (Å²) in [5.41, 5.74) is 0. The fraction of sp³-hybridized carbons (Fsp3) is 0.919. The quantitative estimate of drug-likeness (QED) is 0.0433. The number of hydrogen-bond acceptors (Lipinski definition) is 13. The largest absolute Gasteiger partial charge is 0.394 e. The summed E-state index contributed by atoms with van der Waals surface area (Å²) < 4.78 is 22.2. The van der Waals surface area contributed by atoms with E-state index in [4.69, 9.17) is 18.9 Å². The molecule has 1 amide bonds. The van der Waals surface area contributed by atoms with Crippen LogP contribution in [-0.2, 0) is 23.7 Å². The van der Waals surface area contributed by atoms with Crippen molar-refractivity contribution in [1.29, 1.82) is 0 Å². The zero-order valence-corrected chi connectivity index (χ0v) is 30.8. The molecule has 2 aliphatic heterocycles. The Morgan fingerprint density at radius 1 is 0.686 bits per heavy atom. The molecule has 0 aromatic carbocycles. The van der Waals surface area contributed by atoms with Crippen molar-refractivity contribution in [3.05, 3.63) is 12.2 Å². The van der Waals surface area contributed by atoms with Gasteiger partial charge in [-0.1, -0.05) is 116 Å². The number of allylic oxidation sites excluding steroid dienone is 1. The fourth-order valence-electron chi connectivity index (χ4n) is 6.43. The van der Waals surface area contributed by atoms with E-state index in [0.717, 1.165) is 19.3 Å². The van der Waals surface area contributed by atoms with Gasteiger partial charge in [0.1, 0.15) is 48.8 Å². The van der Waals surface area contributed by atoms with Crippen LogP contribution in [0.5, 0.6) is 0 Å². The monoisotopic (exact) mass is 735 g/mol. The van der Waals surface area contributed by atoms with Crippen LogP contribution in [0.25, 0.3) is 0 Å². The molecular weight excluding hydrogens is 666 g/mol. The molecule has 0 aromatic rings. The van der Waals surface area contributed by atoms with Crippen molar-refractivity contribution in [2.24, 2.45) is 0 Å². The van der Waals surface area contributed by atoms with Gasteiger partial charge in [0.15, 0.2) is 12.6 Å². The average molecular weight is 736 g/mol. The SMILES string of the molecule is CCCCCCCCCCCCCCCCC/C=C/C(O)C(COC1OC(CO)C(OC2OC(CO)C(O)C(O)C2O)C(O)C1O)NC(=O)CC. The van der Waals surface area contributed by atoms with Crippen LogP contribution in [0.4, 0.5) is 0 Å². The van der Waals surface area contributed by atoms with E-state index in [2.05, 4.69) is 12.2 Å². The van der Waals surface area contributed by atoms with Crippen molar-refractivity contribution in [3.63, 3.8) is 0 Å². The van der Waals surface area contributed by atoms with Crippen molar-refractivity contribution >= 4 is 5.91 Å². The van der Waals surface area contributed by atoms with Crippen LogP contribution in [0.2, 0.25) is 0 Å². The van der Waals surface area contributed by atoms with Crippen LogP contribution in [0.15, 0.2) is 12.2 Å². The van der Waals surface area contributed by atoms with Gasteiger partial charge in [0.05, 0.1) is 32.0 Å². The standard InChI is InChI=1S/C37H69NO13/c1-3-5-6-7-8-9-10-11-12-13-14-15-16-17-18-19-20-21-26(41)25(38-29(42)4-2)24-48-36-34(47)32(45)35(28(23-40)50-36)51-37-33(46)31(44)30(43)27(22-39)49-37/h20-21,25-28,30-37,39-41,43-47H,3-19,22-24H2,1-2H3,(H,38,42)/b21-20+. The Kier molecular flexibility index (Phi) is 23.8. The van der Waals surface area contributed by atoms with Gasteiger partial charge >= 0.3 is 0 Å². The van der Waals surface area contributed by atoms with Crippen molar-refractivity contribution in [3.8, 4) is 0 Å². The van der Waals surface area contributed by atoms with Crippen LogP contribution in [0.1, 0.15) is 123 Å². The second-order valence-electron chi connectivity index (χ2n) is 14.0. The number of aliphatic hydroxyl groups is 8. The van der Waals surface area contributed by atoms with Gasteiger partial charge in [-0.3, -0.25) is 4.79 Å². The Morgan fingerprint density at radius 3 is 1.73 bits per heavy atom. The highest BCUT2D eigenvalue weighted by Crippen LogP contribution is 2.29. The molecule has 0 saturated carbocycles. The van der Waals surface area contributed by atoms with Gasteiger partial charge < -0.3 is 65.1 Å². The summed E-state index contributed by atoms with van der Waals surface area (Å²) in [5, 5.41) is 85.0. The molecule has 12 atom stereocenters. The van der Waals surface area contributed by atoms with E-state index < -0.39 is 86.8 Å². The van der Waals surface area contributed by atoms with E-state index in [1.54, 1.807) is 13.0 Å². The van der Waals surface area contributed by atoms with E-state index in [0.29, 0.717) is 0 Å². The maximum atomic E-state index is 12.2. The van der Waals surface area contributed by atoms with Gasteiger partial charge in [-0.15, -0.1) is 0 Å². The first-order valence-electron chi connectivity index (χ1n) is 19.4. The Labute approximate surface area is 304 Å². The fourth-order valence-corrected chi connectivity index (χ4v) is 6.43. The minimum Gasteiger partial charge on any atom is -0.394 e. The molecule has 2 aliphatic rings. The topological polar surface area (TPSA) is 228 Å². The van der Waals surface area contributed by atoms with Gasteiger partial charge in [0.25, 0.3) is 0 Å². The van der Waals surface area contributed by atoms with Crippen molar-refractivity contribution in [2.75, 3.05) is 19.8 Å². The molecule has 9 N–H and O–H groups in total. The van der Waals surface area contributed by atoms with Crippen LogP contribution < -0.4 is 5.32 Å². The van der Waals surface area contributed by atoms with Crippen molar-refractivity contribution in [1.82, 2.24) is 5.32 Å². The number of unbranched alkanes of at least 4 members (excludes halogenated alkanes) is 15. The van der Waals surface area contributed by atoms with E-state index in [1.165, 1.54) is 83.5 Å². The summed E-state index contributed by atoms with van der Waals surface area (Å²) in [6.07, 6.45) is 6.72. The van der Waals surface area contributed by atoms with E-state index >= 15 is 0 Å². The highest BCUT2D eigenvalue weighted by atomic mass is 16.7. The minimum absolute atomic E-state index is 0.164. The summed E-state index contributed by atoms with van der Waals surface area (Å²) in [7, 11) is 0. The van der Waals surface area contributed by atoms with Crippen LogP contribution in [0.3, 0.4) is 0 Å². The third kappa shape index (κ3) is 16.3. The predicted octanol–water partition coefficient (Wildman–Crippen LogP) is 1.70. The second kappa shape index (κ2) is 26.5. The molecule has 0 spiro atoms. The Balaban J connectivity index is 1.75. The van der Waals surface area contributed by atoms with Crippen LogP contribution in [0, 0.1) is 0 Å². The number of carbonyl (C=O) groups excluding carboxylic acids is 1. The molecule has 2 rings (SSSR count). The number of aliphatic hydroxyl groups excluding tert-OH is 8. The highest BCUT2D eigenvalue weighted by Gasteiger charge is 2.50. The first-order chi connectivity index (χ1) is 24.6. The number of rotatable bonds is 27. The zero-order valence-electron chi connectivity index (χ0n) is 30.8. The molecule has 51 heavy (non-hydrogen) atoms. The van der Waals surface area contributed by atoms with Gasteiger partial charge in [-0.05, 0) is 12.8 Å². The number of amides is 1. The normalized spacial score (nSPS) is 31.2. The Morgan fingerprint density at radius 2 is 1.20 bits per heavy atom. The molecule has 300 valence electrons. The minimum atomic E-state index is -1.78. The molecule has 2 saturated heterocycles. The number of carbonyl (C=O) groups is 1. The molecule has 0 aliphatic carbocycles. The molecule has 12 unspecified atom stereocenters. The molecule has 14 nitrogen and oxygen atoms in total. The lowest BCUT2D eigenvalue weighted by atomic mass is 9.97. The maximum absolute atomic E-state index is 12.2. The van der Waals surface area contributed by atoms with Gasteiger partial charge in [0, 0.05) is 6.42 Å². The van der Waals surface area contributed by atoms with Gasteiger partial charge in [-0.2, -0.15) is 0 Å².